The van der Waals surface area contributed by atoms with Crippen molar-refractivity contribution in [3.63, 3.8) is 0 Å². The van der Waals surface area contributed by atoms with E-state index in [2.05, 4.69) is 39.4 Å². The number of esters is 9. The molecule has 0 bridgehead atoms. The lowest BCUT2D eigenvalue weighted by Gasteiger charge is -2.33. The minimum absolute atomic E-state index is 0. The molecule has 11 rings (SSSR count). The van der Waals surface area contributed by atoms with Gasteiger partial charge in [-0.15, -0.1) is 0 Å². The van der Waals surface area contributed by atoms with Crippen LogP contribution >= 0.6 is 0 Å². The first kappa shape index (κ1) is 81.1. The lowest BCUT2D eigenvalue weighted by atomic mass is 9.87. The summed E-state index contributed by atoms with van der Waals surface area (Å²) in [4.78, 5) is 103. The molecule has 0 spiro atoms. The predicted molar refractivity (Wildman–Crippen MR) is 315 cm³/mol. The number of carbonyl (C=O) groups excluding carboxylic acids is 9. The van der Waals surface area contributed by atoms with Gasteiger partial charge in [-0.2, -0.15) is 0 Å². The van der Waals surface area contributed by atoms with E-state index < -0.39 is 30.1 Å². The first-order chi connectivity index (χ1) is 40.5. The Morgan fingerprint density at radius 1 is 0.483 bits per heavy atom. The summed E-state index contributed by atoms with van der Waals surface area (Å²) in [5, 5.41) is 18.2. The molecule has 0 aromatic heterocycles. The number of ether oxygens (including phenoxy) is 12. The van der Waals surface area contributed by atoms with Gasteiger partial charge in [0.15, 0.2) is 6.29 Å². The molecule has 0 saturated carbocycles. The van der Waals surface area contributed by atoms with Gasteiger partial charge in [0.05, 0.1) is 100 Å². The molecule has 502 valence electrons. The Labute approximate surface area is 515 Å². The molecule has 24 heteroatoms. The smallest absolute Gasteiger partial charge is 0.312 e. The van der Waals surface area contributed by atoms with Gasteiger partial charge >= 0.3 is 59.7 Å². The molecular weight excluding hydrogens is 1140 g/mol. The second-order valence-electron chi connectivity index (χ2n) is 23.4. The van der Waals surface area contributed by atoms with Gasteiger partial charge in [-0.05, 0) is 117 Å². The van der Waals surface area contributed by atoms with Crippen LogP contribution in [0.15, 0.2) is 12.3 Å². The number of carbonyl (C=O) groups is 10. The first-order valence-electron chi connectivity index (χ1n) is 30.5. The highest BCUT2D eigenvalue weighted by atomic mass is 16.7. The van der Waals surface area contributed by atoms with E-state index >= 15 is 0 Å². The standard InChI is InChI=1S/C8H12O5.C7H12O.C6H10O2.C6H12O2.2C6H10O2.3C5H8O2.2C4H6O2.CH4/c1-5-2-8(12,3-6(9)10)4-7(11)13-5;1-6-3-4-8-7(2)5-6;1-5-2-3-6(7)8-4-5;1-7-6-4-2-3-5-8-6;1-5-3-2-4-8-6(5)7;1-5-3-2-4-6(7)8-5;1-4-2-5(6)7-3-4;1-4-2-3-7-5(4)6;1-4-2-3-5(6)7-4;1-3-2-6-4(3)5;1-3-2-4(5)6-3;/h5,12H,2-4H2,1H3,(H,9,10);6H,2-5H2,1H3;5H,2-4H2,1H3;6H,2-5H2,1H3;2*5H,2-4H2,1H3;3*4H,2-3H2,1H3;2*3H,2H2,1H3;1H4. The molecule has 11 aliphatic rings. The summed E-state index contributed by atoms with van der Waals surface area (Å²) >= 11 is 0. The number of hydrogen-bond acceptors (Lipinski definition) is 23. The van der Waals surface area contributed by atoms with E-state index in [1.54, 1.807) is 14.0 Å². The number of cyclic esters (lactones) is 9. The summed E-state index contributed by atoms with van der Waals surface area (Å²) in [7, 11) is 1.69. The molecule has 87 heavy (non-hydrogen) atoms. The quantitative estimate of drug-likeness (QED) is 0.196. The van der Waals surface area contributed by atoms with Crippen molar-refractivity contribution in [3.8, 4) is 0 Å². The van der Waals surface area contributed by atoms with E-state index in [1.165, 1.54) is 19.3 Å². The molecule has 0 aliphatic carbocycles. The van der Waals surface area contributed by atoms with Crippen LogP contribution in [0.3, 0.4) is 0 Å². The summed E-state index contributed by atoms with van der Waals surface area (Å²) in [5.41, 5.74) is -1.43. The van der Waals surface area contributed by atoms with Gasteiger partial charge in [0.2, 0.25) is 0 Å². The Morgan fingerprint density at radius 2 is 1.03 bits per heavy atom. The maximum Gasteiger partial charge on any atom is 0.312 e. The van der Waals surface area contributed by atoms with E-state index in [9.17, 15) is 53.1 Å². The molecule has 11 aliphatic heterocycles. The number of carboxylic acids is 1. The largest absolute Gasteiger partial charge is 0.499 e. The third-order valence-corrected chi connectivity index (χ3v) is 14.0. The number of methoxy groups -OCH3 is 1. The van der Waals surface area contributed by atoms with E-state index in [4.69, 9.17) is 43.0 Å². The molecule has 2 N–H and O–H groups in total. The number of allylic oxidation sites excluding steroid dienone is 1. The molecular formula is C63H106O24. The second-order valence-corrected chi connectivity index (χ2v) is 23.4. The zero-order valence-corrected chi connectivity index (χ0v) is 53.0. The number of aliphatic hydroxyl groups is 1. The molecule has 12 unspecified atom stereocenters. The van der Waals surface area contributed by atoms with Crippen molar-refractivity contribution in [2.45, 2.75) is 241 Å². The van der Waals surface area contributed by atoms with E-state index in [1.807, 2.05) is 48.5 Å². The van der Waals surface area contributed by atoms with Crippen molar-refractivity contribution in [2.24, 2.45) is 35.5 Å². The summed E-state index contributed by atoms with van der Waals surface area (Å²) in [6, 6.07) is 0. The minimum atomic E-state index is -1.43. The molecule has 12 atom stereocenters. The van der Waals surface area contributed by atoms with Crippen LogP contribution < -0.4 is 0 Å². The molecule has 0 radical (unpaired) electrons. The number of rotatable bonds is 3. The molecule has 11 fully saturated rings. The van der Waals surface area contributed by atoms with Crippen molar-refractivity contribution in [3.05, 3.63) is 12.3 Å². The van der Waals surface area contributed by atoms with Gasteiger partial charge in [0.1, 0.15) is 18.8 Å². The zero-order valence-electron chi connectivity index (χ0n) is 53.0. The van der Waals surface area contributed by atoms with E-state index in [0.29, 0.717) is 77.0 Å². The maximum atomic E-state index is 10.9. The molecule has 0 aromatic carbocycles. The van der Waals surface area contributed by atoms with Gasteiger partial charge < -0.3 is 67.1 Å². The van der Waals surface area contributed by atoms with Crippen LogP contribution in [-0.4, -0.2) is 160 Å². The Kier molecular flexibility index (Phi) is 42.3. The van der Waals surface area contributed by atoms with Gasteiger partial charge in [0.25, 0.3) is 0 Å². The average molecular weight is 1250 g/mol. The first-order valence-corrected chi connectivity index (χ1v) is 30.5. The van der Waals surface area contributed by atoms with Crippen LogP contribution in [0, 0.1) is 35.5 Å². The molecule has 24 nitrogen and oxygen atoms in total. The summed E-state index contributed by atoms with van der Waals surface area (Å²) in [5.74, 6) is 1.22. The summed E-state index contributed by atoms with van der Waals surface area (Å²) < 4.78 is 57.3. The number of carboxylic acid groups (broad SMARTS) is 1. The van der Waals surface area contributed by atoms with Crippen molar-refractivity contribution < 1.29 is 115 Å². The highest BCUT2D eigenvalue weighted by Gasteiger charge is 2.40. The van der Waals surface area contributed by atoms with Gasteiger partial charge in [-0.25, -0.2) is 0 Å². The van der Waals surface area contributed by atoms with Crippen LogP contribution in [0.4, 0.5) is 0 Å². The summed E-state index contributed by atoms with van der Waals surface area (Å²) in [6.07, 6.45) is 15.4. The Hall–Kier alpha value is -5.88. The fourth-order valence-electron chi connectivity index (χ4n) is 8.57. The number of hydrogen-bond donors (Lipinski definition) is 2. The highest BCUT2D eigenvalue weighted by Crippen LogP contribution is 2.29. The molecule has 11 heterocycles. The summed E-state index contributed by atoms with van der Waals surface area (Å²) in [6.45, 7) is 27.9. The zero-order chi connectivity index (χ0) is 64.8. The fourth-order valence-corrected chi connectivity index (χ4v) is 8.57. The monoisotopic (exact) mass is 1250 g/mol. The van der Waals surface area contributed by atoms with Crippen molar-refractivity contribution in [1.29, 1.82) is 0 Å². The van der Waals surface area contributed by atoms with Crippen molar-refractivity contribution in [2.75, 3.05) is 53.4 Å². The average Bonchev–Trinajstić information content (AvgIpc) is 4.30. The van der Waals surface area contributed by atoms with Crippen LogP contribution in [-0.2, 0) is 105 Å². The highest BCUT2D eigenvalue weighted by molar-refractivity contribution is 5.77. The normalized spacial score (nSPS) is 30.5. The fraction of sp³-hybridized carbons (Fsp3) is 0.810. The van der Waals surface area contributed by atoms with Gasteiger partial charge in [-0.1, -0.05) is 48.6 Å². The Balaban J connectivity index is 0.000000940. The Morgan fingerprint density at radius 3 is 1.31 bits per heavy atom. The second kappa shape index (κ2) is 45.4. The molecule has 0 amide bonds. The SMILES string of the molecule is C.C=C1CC(C)CCO1.CC1CC(=O)O1.CC1CC(O)(CC(=O)O)CC(=O)O1.CC1CCC(=O)O1.CC1CCC(=O)OC1.CC1CCCC(=O)O1.CC1CCCOC1=O.CC1CCOC1=O.CC1COC(=O)C1.CC1COC1=O.COC1CCCCO1. The molecule has 0 aromatic rings. The lowest BCUT2D eigenvalue weighted by Crippen LogP contribution is -2.43. The van der Waals surface area contributed by atoms with Gasteiger partial charge in [-0.3, -0.25) is 47.9 Å². The lowest BCUT2D eigenvalue weighted by molar-refractivity contribution is -0.172. The van der Waals surface area contributed by atoms with Crippen LogP contribution in [0.1, 0.15) is 205 Å². The Bertz CT molecular complexity index is 2020. The van der Waals surface area contributed by atoms with Crippen LogP contribution in [0.2, 0.25) is 0 Å². The third-order valence-electron chi connectivity index (χ3n) is 14.0. The van der Waals surface area contributed by atoms with Crippen LogP contribution in [0.25, 0.3) is 0 Å². The maximum absolute atomic E-state index is 10.9. The number of aliphatic carboxylic acids is 1. The van der Waals surface area contributed by atoms with Crippen molar-refractivity contribution >= 4 is 59.7 Å². The van der Waals surface area contributed by atoms with E-state index in [0.717, 1.165) is 82.7 Å². The predicted octanol–water partition coefficient (Wildman–Crippen LogP) is 9.03. The third kappa shape index (κ3) is 41.1. The van der Waals surface area contributed by atoms with Gasteiger partial charge in [0, 0.05) is 51.7 Å². The molecule has 11 saturated heterocycles. The van der Waals surface area contributed by atoms with E-state index in [-0.39, 0.29) is 110 Å². The van der Waals surface area contributed by atoms with Crippen LogP contribution in [0.5, 0.6) is 0 Å². The van der Waals surface area contributed by atoms with Crippen molar-refractivity contribution in [1.82, 2.24) is 0 Å². The topological polar surface area (TPSA) is 322 Å². The minimum Gasteiger partial charge on any atom is -0.499 e.